The molecular weight excluding hydrogens is 360 g/mol. The third-order valence-corrected chi connectivity index (χ3v) is 6.47. The van der Waals surface area contributed by atoms with Crippen molar-refractivity contribution >= 4 is 11.7 Å². The van der Waals surface area contributed by atoms with Gasteiger partial charge in [-0.15, -0.1) is 0 Å². The molecule has 5 rings (SSSR count). The van der Waals surface area contributed by atoms with Crippen LogP contribution >= 0.6 is 0 Å². The molecule has 148 valence electrons. The zero-order valence-electron chi connectivity index (χ0n) is 16.6. The van der Waals surface area contributed by atoms with Crippen molar-refractivity contribution < 1.29 is 4.79 Å². The zero-order chi connectivity index (χ0) is 19.6. The number of urea groups is 1. The molecule has 5 heteroatoms. The van der Waals surface area contributed by atoms with Crippen molar-refractivity contribution in [3.05, 3.63) is 77.1 Å². The zero-order valence-corrected chi connectivity index (χ0v) is 16.6. The summed E-state index contributed by atoms with van der Waals surface area (Å²) < 4.78 is 0. The number of nitrogens with zero attached hydrogens (tertiary/aromatic N) is 3. The predicted molar refractivity (Wildman–Crippen MR) is 114 cm³/mol. The van der Waals surface area contributed by atoms with Crippen LogP contribution in [0.1, 0.15) is 42.7 Å². The lowest BCUT2D eigenvalue weighted by Gasteiger charge is -2.31. The van der Waals surface area contributed by atoms with Crippen molar-refractivity contribution in [3.63, 3.8) is 0 Å². The van der Waals surface area contributed by atoms with Gasteiger partial charge in [0.15, 0.2) is 0 Å². The van der Waals surface area contributed by atoms with E-state index in [0.29, 0.717) is 12.5 Å². The number of carbonyl (C=O) groups excluding carboxylic acids is 1. The number of amides is 2. The number of pyridine rings is 1. The van der Waals surface area contributed by atoms with Crippen molar-refractivity contribution in [3.8, 4) is 0 Å². The number of aliphatic imine (C=N–C) groups is 1. The van der Waals surface area contributed by atoms with Crippen LogP contribution in [0.5, 0.6) is 0 Å². The molecule has 2 amide bonds. The molecule has 1 N–H and O–H groups in total. The number of benzene rings is 1. The van der Waals surface area contributed by atoms with Crippen LogP contribution in [0.3, 0.4) is 0 Å². The summed E-state index contributed by atoms with van der Waals surface area (Å²) >= 11 is 0. The lowest BCUT2D eigenvalue weighted by atomic mass is 9.94. The van der Waals surface area contributed by atoms with Crippen LogP contribution in [0.4, 0.5) is 4.79 Å². The molecule has 1 unspecified atom stereocenters. The van der Waals surface area contributed by atoms with Crippen molar-refractivity contribution in [1.82, 2.24) is 15.2 Å². The molecule has 1 aliphatic carbocycles. The molecule has 1 saturated carbocycles. The van der Waals surface area contributed by atoms with E-state index in [2.05, 4.69) is 40.6 Å². The third kappa shape index (κ3) is 3.57. The number of aromatic nitrogens is 1. The molecule has 2 aliphatic heterocycles. The lowest BCUT2D eigenvalue weighted by molar-refractivity contribution is 0.196. The number of rotatable bonds is 3. The van der Waals surface area contributed by atoms with Gasteiger partial charge in [-0.25, -0.2) is 4.79 Å². The number of carbonyl (C=O) groups is 1. The highest BCUT2D eigenvalue weighted by atomic mass is 16.2. The summed E-state index contributed by atoms with van der Waals surface area (Å²) in [5.41, 5.74) is 6.06. The van der Waals surface area contributed by atoms with Crippen LogP contribution in [0.15, 0.2) is 71.0 Å². The van der Waals surface area contributed by atoms with E-state index < -0.39 is 0 Å². The third-order valence-electron chi connectivity index (χ3n) is 6.47. The Balaban J connectivity index is 1.28. The highest BCUT2D eigenvalue weighted by Gasteiger charge is 2.33. The van der Waals surface area contributed by atoms with E-state index >= 15 is 0 Å². The summed E-state index contributed by atoms with van der Waals surface area (Å²) in [5.74, 6) is 0.417. The van der Waals surface area contributed by atoms with Crippen LogP contribution in [0.2, 0.25) is 0 Å². The summed E-state index contributed by atoms with van der Waals surface area (Å²) in [5, 5.41) is 3.35. The summed E-state index contributed by atoms with van der Waals surface area (Å²) in [6.07, 6.45) is 7.87. The van der Waals surface area contributed by atoms with Crippen molar-refractivity contribution in [2.45, 2.75) is 37.6 Å². The first kappa shape index (κ1) is 18.1. The van der Waals surface area contributed by atoms with Gasteiger partial charge in [-0.2, -0.15) is 0 Å². The Bertz CT molecular complexity index is 951. The highest BCUT2D eigenvalue weighted by Crippen LogP contribution is 2.35. The molecular formula is C24H26N4O. The minimum absolute atomic E-state index is 0.0605. The molecule has 2 atom stereocenters. The Morgan fingerprint density at radius 2 is 1.90 bits per heavy atom. The van der Waals surface area contributed by atoms with Crippen LogP contribution in [-0.2, 0) is 0 Å². The summed E-state index contributed by atoms with van der Waals surface area (Å²) in [6.45, 7) is 2.18. The fourth-order valence-corrected chi connectivity index (χ4v) is 4.92. The van der Waals surface area contributed by atoms with E-state index in [1.807, 2.05) is 17.0 Å². The SMILES string of the molecule is O=C(NC1CCC[C@H]1c1ccccc1)N1CCC2=C(C1)C(c1ccncc1)=NC2. The van der Waals surface area contributed by atoms with Gasteiger partial charge in [0, 0.05) is 43.0 Å². The average Bonchev–Trinajstić information content (AvgIpc) is 3.41. The van der Waals surface area contributed by atoms with Crippen molar-refractivity contribution in [2.24, 2.45) is 4.99 Å². The molecule has 3 heterocycles. The molecule has 2 aromatic rings. The number of nitrogens with one attached hydrogen (secondary N) is 1. The predicted octanol–water partition coefficient (Wildman–Crippen LogP) is 3.93. The quantitative estimate of drug-likeness (QED) is 0.869. The summed E-state index contributed by atoms with van der Waals surface area (Å²) in [6, 6.07) is 14.9. The molecule has 29 heavy (non-hydrogen) atoms. The van der Waals surface area contributed by atoms with Gasteiger partial charge in [0.2, 0.25) is 0 Å². The van der Waals surface area contributed by atoms with Crippen molar-refractivity contribution in [2.75, 3.05) is 19.6 Å². The monoisotopic (exact) mass is 386 g/mol. The Labute approximate surface area is 171 Å². The van der Waals surface area contributed by atoms with Gasteiger partial charge in [0.1, 0.15) is 0 Å². The molecule has 3 aliphatic rings. The van der Waals surface area contributed by atoms with E-state index in [1.54, 1.807) is 12.4 Å². The smallest absolute Gasteiger partial charge is 0.317 e. The Hall–Kier alpha value is -2.95. The molecule has 0 bridgehead atoms. The first-order valence-electron chi connectivity index (χ1n) is 10.6. The molecule has 5 nitrogen and oxygen atoms in total. The first-order valence-corrected chi connectivity index (χ1v) is 10.6. The van der Waals surface area contributed by atoms with Gasteiger partial charge in [-0.3, -0.25) is 9.98 Å². The largest absolute Gasteiger partial charge is 0.335 e. The van der Waals surface area contributed by atoms with E-state index in [1.165, 1.54) is 23.1 Å². The molecule has 1 fully saturated rings. The van der Waals surface area contributed by atoms with Gasteiger partial charge in [-0.1, -0.05) is 36.8 Å². The summed E-state index contributed by atoms with van der Waals surface area (Å²) in [4.78, 5) is 23.9. The number of hydrogen-bond donors (Lipinski definition) is 1. The van der Waals surface area contributed by atoms with E-state index in [0.717, 1.165) is 43.6 Å². The van der Waals surface area contributed by atoms with Crippen LogP contribution < -0.4 is 5.32 Å². The van der Waals surface area contributed by atoms with Gasteiger partial charge >= 0.3 is 6.03 Å². The Morgan fingerprint density at radius 3 is 2.72 bits per heavy atom. The molecule has 0 radical (unpaired) electrons. The first-order chi connectivity index (χ1) is 14.3. The van der Waals surface area contributed by atoms with E-state index in [-0.39, 0.29) is 12.1 Å². The molecule has 0 saturated heterocycles. The van der Waals surface area contributed by atoms with Crippen LogP contribution in [0.25, 0.3) is 0 Å². The highest BCUT2D eigenvalue weighted by molar-refractivity contribution is 6.15. The van der Waals surface area contributed by atoms with Gasteiger partial charge in [0.05, 0.1) is 12.3 Å². The minimum Gasteiger partial charge on any atom is -0.335 e. The second-order valence-corrected chi connectivity index (χ2v) is 8.16. The van der Waals surface area contributed by atoms with Crippen molar-refractivity contribution in [1.29, 1.82) is 0 Å². The maximum absolute atomic E-state index is 13.1. The fraction of sp³-hybridized carbons (Fsp3) is 0.375. The second-order valence-electron chi connectivity index (χ2n) is 8.16. The van der Waals surface area contributed by atoms with Gasteiger partial charge in [-0.05, 0) is 48.1 Å². The maximum Gasteiger partial charge on any atom is 0.317 e. The Kier molecular flexibility index (Phi) is 4.88. The minimum atomic E-state index is 0.0605. The van der Waals surface area contributed by atoms with E-state index in [9.17, 15) is 4.79 Å². The van der Waals surface area contributed by atoms with E-state index in [4.69, 9.17) is 4.99 Å². The standard InChI is InChI=1S/C24H26N4O/c29-24(27-22-8-4-7-20(22)17-5-2-1-3-6-17)28-14-11-19-15-26-23(21(19)16-28)18-9-12-25-13-10-18/h1-3,5-6,9-10,12-13,20,22H,4,7-8,11,14-16H2,(H,27,29)/t20-,22?/m0/s1. The van der Waals surface area contributed by atoms with Gasteiger partial charge in [0.25, 0.3) is 0 Å². The molecule has 0 spiro atoms. The normalized spacial score (nSPS) is 23.7. The summed E-state index contributed by atoms with van der Waals surface area (Å²) in [7, 11) is 0. The molecule has 1 aromatic heterocycles. The maximum atomic E-state index is 13.1. The number of hydrogen-bond acceptors (Lipinski definition) is 3. The average molecular weight is 386 g/mol. The second kappa shape index (κ2) is 7.82. The Morgan fingerprint density at radius 1 is 1.07 bits per heavy atom. The van der Waals surface area contributed by atoms with Gasteiger partial charge < -0.3 is 10.2 Å². The lowest BCUT2D eigenvalue weighted by Crippen LogP contribution is -2.48. The topological polar surface area (TPSA) is 57.6 Å². The molecule has 1 aromatic carbocycles. The fourth-order valence-electron chi connectivity index (χ4n) is 4.92. The van der Waals surface area contributed by atoms with Crippen LogP contribution in [0, 0.1) is 0 Å². The van der Waals surface area contributed by atoms with Crippen LogP contribution in [-0.4, -0.2) is 47.3 Å².